The normalized spacial score (nSPS) is 11.1. The van der Waals surface area contributed by atoms with Gasteiger partial charge < -0.3 is 5.73 Å². The first-order chi connectivity index (χ1) is 8.04. The van der Waals surface area contributed by atoms with E-state index in [0.717, 1.165) is 44.4 Å². The molecule has 0 radical (unpaired) electrons. The molecule has 1 aromatic carbocycles. The summed E-state index contributed by atoms with van der Waals surface area (Å²) in [6, 6.07) is 4.03. The van der Waals surface area contributed by atoms with E-state index in [9.17, 15) is 0 Å². The highest BCUT2D eigenvalue weighted by atomic mass is 79.9. The molecule has 2 N–H and O–H groups in total. The first kappa shape index (κ1) is 12.7. The van der Waals surface area contributed by atoms with Crippen molar-refractivity contribution in [1.82, 2.24) is 4.98 Å². The van der Waals surface area contributed by atoms with Gasteiger partial charge in [0.05, 0.1) is 10.5 Å². The zero-order valence-corrected chi connectivity index (χ0v) is 12.2. The second kappa shape index (κ2) is 4.83. The Morgan fingerprint density at radius 2 is 2.12 bits per heavy atom. The summed E-state index contributed by atoms with van der Waals surface area (Å²) in [5.74, 6) is 0.597. The maximum Gasteiger partial charge on any atom is 0.127 e. The molecule has 0 unspecified atom stereocenters. The van der Waals surface area contributed by atoms with Crippen LogP contribution in [0.2, 0.25) is 5.02 Å². The molecule has 0 aliphatic heterocycles. The molecule has 2 rings (SSSR count). The van der Waals surface area contributed by atoms with E-state index in [2.05, 4.69) is 33.9 Å². The fourth-order valence-electron chi connectivity index (χ4n) is 1.92. The number of aromatic nitrogens is 1. The molecule has 0 spiro atoms. The molecule has 2 aromatic rings. The molecule has 17 heavy (non-hydrogen) atoms. The number of hydrogen-bond acceptors (Lipinski definition) is 2. The summed E-state index contributed by atoms with van der Waals surface area (Å²) in [7, 11) is 0. The minimum Gasteiger partial charge on any atom is -0.383 e. The number of halogens is 2. The van der Waals surface area contributed by atoms with Crippen molar-refractivity contribution in [1.29, 1.82) is 0 Å². The van der Waals surface area contributed by atoms with Crippen LogP contribution in [-0.2, 0) is 6.42 Å². The summed E-state index contributed by atoms with van der Waals surface area (Å²) >= 11 is 9.82. The number of aryl methyl sites for hydroxylation is 2. The van der Waals surface area contributed by atoms with E-state index in [1.807, 2.05) is 13.0 Å². The summed E-state index contributed by atoms with van der Waals surface area (Å²) in [6.07, 6.45) is 1.97. The Labute approximate surface area is 114 Å². The molecule has 0 bridgehead atoms. The predicted octanol–water partition coefficient (Wildman–Crippen LogP) is 4.49. The summed E-state index contributed by atoms with van der Waals surface area (Å²) in [5.41, 5.74) is 8.90. The van der Waals surface area contributed by atoms with E-state index in [1.54, 1.807) is 0 Å². The van der Waals surface area contributed by atoms with Crippen molar-refractivity contribution in [2.75, 3.05) is 5.73 Å². The molecule has 90 valence electrons. The monoisotopic (exact) mass is 312 g/mol. The maximum absolute atomic E-state index is 6.32. The zero-order valence-electron chi connectivity index (χ0n) is 9.85. The second-order valence-electron chi connectivity index (χ2n) is 4.17. The molecule has 0 amide bonds. The molecule has 0 atom stereocenters. The molecule has 0 saturated carbocycles. The summed E-state index contributed by atoms with van der Waals surface area (Å²) in [6.45, 7) is 4.11. The van der Waals surface area contributed by atoms with Crippen LogP contribution < -0.4 is 5.73 Å². The van der Waals surface area contributed by atoms with E-state index < -0.39 is 0 Å². The van der Waals surface area contributed by atoms with Gasteiger partial charge >= 0.3 is 0 Å². The Hall–Kier alpha value is -0.800. The van der Waals surface area contributed by atoms with Crippen molar-refractivity contribution < 1.29 is 0 Å². The molecular formula is C13H14BrClN2. The third-order valence-electron chi connectivity index (χ3n) is 2.81. The number of nitrogens with two attached hydrogens (primary N) is 1. The van der Waals surface area contributed by atoms with Crippen LogP contribution in [0.4, 0.5) is 5.82 Å². The molecule has 4 heteroatoms. The van der Waals surface area contributed by atoms with Gasteiger partial charge in [0.15, 0.2) is 0 Å². The molecule has 0 aliphatic carbocycles. The summed E-state index contributed by atoms with van der Waals surface area (Å²) in [4.78, 5) is 4.44. The number of pyridine rings is 1. The van der Waals surface area contributed by atoms with Gasteiger partial charge in [-0.3, -0.25) is 0 Å². The minimum atomic E-state index is 0.597. The number of nitrogen functional groups attached to an aromatic ring is 1. The lowest BCUT2D eigenvalue weighted by molar-refractivity contribution is 0.921. The number of anilines is 1. The van der Waals surface area contributed by atoms with Gasteiger partial charge in [-0.2, -0.15) is 0 Å². The highest BCUT2D eigenvalue weighted by Gasteiger charge is 2.11. The van der Waals surface area contributed by atoms with Crippen LogP contribution in [0, 0.1) is 6.92 Å². The van der Waals surface area contributed by atoms with Gasteiger partial charge in [-0.25, -0.2) is 4.98 Å². The van der Waals surface area contributed by atoms with E-state index >= 15 is 0 Å². The lowest BCUT2D eigenvalue weighted by atomic mass is 10.1. The summed E-state index contributed by atoms with van der Waals surface area (Å²) in [5, 5.41) is 1.73. The Bertz CT molecular complexity index is 581. The molecule has 2 nitrogen and oxygen atoms in total. The highest BCUT2D eigenvalue weighted by molar-refractivity contribution is 9.10. The fourth-order valence-corrected chi connectivity index (χ4v) is 2.77. The molecule has 1 aromatic heterocycles. The average Bonchev–Trinajstić information content (AvgIpc) is 2.28. The Morgan fingerprint density at radius 3 is 2.76 bits per heavy atom. The van der Waals surface area contributed by atoms with E-state index in [1.165, 1.54) is 0 Å². The van der Waals surface area contributed by atoms with Crippen molar-refractivity contribution in [2.24, 2.45) is 0 Å². The quantitative estimate of drug-likeness (QED) is 0.887. The summed E-state index contributed by atoms with van der Waals surface area (Å²) < 4.78 is 0.934. The van der Waals surface area contributed by atoms with E-state index in [-0.39, 0.29) is 0 Å². The standard InChI is InChI=1S/C13H14BrClN2/c1-3-4-8-6-9-11(15)7(2)5-10(14)12(9)17-13(8)16/h5-6H,3-4H2,1-2H3,(H2,16,17). The maximum atomic E-state index is 6.32. The minimum absolute atomic E-state index is 0.597. The number of rotatable bonds is 2. The Balaban J connectivity index is 2.79. The third-order valence-corrected chi connectivity index (χ3v) is 3.91. The van der Waals surface area contributed by atoms with Crippen molar-refractivity contribution >= 4 is 44.3 Å². The first-order valence-corrected chi connectivity index (χ1v) is 6.75. The smallest absolute Gasteiger partial charge is 0.127 e. The molecule has 1 heterocycles. The van der Waals surface area contributed by atoms with E-state index in [0.29, 0.717) is 5.82 Å². The van der Waals surface area contributed by atoms with Crippen molar-refractivity contribution in [3.63, 3.8) is 0 Å². The molecule has 0 saturated heterocycles. The van der Waals surface area contributed by atoms with Gasteiger partial charge in [0.1, 0.15) is 5.82 Å². The van der Waals surface area contributed by atoms with Gasteiger partial charge in [0.25, 0.3) is 0 Å². The van der Waals surface area contributed by atoms with Crippen LogP contribution in [0.5, 0.6) is 0 Å². The molecular weight excluding hydrogens is 300 g/mol. The van der Waals surface area contributed by atoms with Crippen molar-refractivity contribution in [2.45, 2.75) is 26.7 Å². The van der Waals surface area contributed by atoms with Crippen LogP contribution in [0.25, 0.3) is 10.9 Å². The highest BCUT2D eigenvalue weighted by Crippen LogP contribution is 2.33. The molecule has 0 aliphatic rings. The van der Waals surface area contributed by atoms with Gasteiger partial charge in [0.2, 0.25) is 0 Å². The largest absolute Gasteiger partial charge is 0.383 e. The van der Waals surface area contributed by atoms with E-state index in [4.69, 9.17) is 17.3 Å². The van der Waals surface area contributed by atoms with Gasteiger partial charge in [-0.15, -0.1) is 0 Å². The Morgan fingerprint density at radius 1 is 1.41 bits per heavy atom. The van der Waals surface area contributed by atoms with Gasteiger partial charge in [-0.1, -0.05) is 24.9 Å². The lowest BCUT2D eigenvalue weighted by Gasteiger charge is -2.10. The molecule has 0 fully saturated rings. The first-order valence-electron chi connectivity index (χ1n) is 5.58. The van der Waals surface area contributed by atoms with Gasteiger partial charge in [0, 0.05) is 9.86 Å². The third kappa shape index (κ3) is 2.26. The second-order valence-corrected chi connectivity index (χ2v) is 5.40. The lowest BCUT2D eigenvalue weighted by Crippen LogP contribution is -1.99. The topological polar surface area (TPSA) is 38.9 Å². The van der Waals surface area contributed by atoms with Crippen LogP contribution in [0.3, 0.4) is 0 Å². The van der Waals surface area contributed by atoms with Crippen molar-refractivity contribution in [3.05, 3.63) is 32.8 Å². The number of benzene rings is 1. The average molecular weight is 314 g/mol. The number of nitrogens with zero attached hydrogens (tertiary/aromatic N) is 1. The SMILES string of the molecule is CCCc1cc2c(Cl)c(C)cc(Br)c2nc1N. The van der Waals surface area contributed by atoms with Crippen LogP contribution in [0.15, 0.2) is 16.6 Å². The van der Waals surface area contributed by atoms with Crippen molar-refractivity contribution in [3.8, 4) is 0 Å². The predicted molar refractivity (Wildman–Crippen MR) is 77.6 cm³/mol. The van der Waals surface area contributed by atoms with Crippen LogP contribution >= 0.6 is 27.5 Å². The van der Waals surface area contributed by atoms with Crippen LogP contribution in [-0.4, -0.2) is 4.98 Å². The Kier molecular flexibility index (Phi) is 3.59. The fraction of sp³-hybridized carbons (Fsp3) is 0.308. The zero-order chi connectivity index (χ0) is 12.6. The number of fused-ring (bicyclic) bond motifs is 1. The van der Waals surface area contributed by atoms with Gasteiger partial charge in [-0.05, 0) is 52.5 Å². The van der Waals surface area contributed by atoms with Crippen LogP contribution in [0.1, 0.15) is 24.5 Å². The number of hydrogen-bond donors (Lipinski definition) is 1.